The Kier molecular flexibility index (Phi) is 5.52. The average molecular weight is 437 g/mol. The summed E-state index contributed by atoms with van der Waals surface area (Å²) in [5, 5.41) is 11.5. The number of rotatable bonds is 6. The van der Waals surface area contributed by atoms with E-state index in [0.717, 1.165) is 35.6 Å². The average Bonchev–Trinajstić information content (AvgIpc) is 3.06. The third-order valence-electron chi connectivity index (χ3n) is 5.41. The van der Waals surface area contributed by atoms with Crippen molar-refractivity contribution >= 4 is 21.7 Å². The summed E-state index contributed by atoms with van der Waals surface area (Å²) < 4.78 is 37.7. The van der Waals surface area contributed by atoms with Gasteiger partial charge in [0.25, 0.3) is 17.4 Å². The first kappa shape index (κ1) is 21.7. The number of aromatic nitrogens is 1. The third kappa shape index (κ3) is 3.73. The highest BCUT2D eigenvalue weighted by atomic mass is 32.2. The lowest BCUT2D eigenvalue weighted by atomic mass is 10.0. The Labute approximate surface area is 171 Å². The Balaban J connectivity index is 1.92. The van der Waals surface area contributed by atoms with Crippen molar-refractivity contribution in [1.82, 2.24) is 15.4 Å². The molecule has 0 spiro atoms. The van der Waals surface area contributed by atoms with E-state index in [1.54, 1.807) is 12.1 Å². The van der Waals surface area contributed by atoms with Crippen LogP contribution < -0.4 is 16.4 Å². The van der Waals surface area contributed by atoms with Gasteiger partial charge in [0.1, 0.15) is 5.82 Å². The zero-order chi connectivity index (χ0) is 22.3. The minimum Gasteiger partial charge on any atom is -0.348 e. The van der Waals surface area contributed by atoms with Crippen molar-refractivity contribution in [3.05, 3.63) is 57.8 Å². The molecule has 0 saturated carbocycles. The first-order valence-electron chi connectivity index (χ1n) is 8.93. The molecule has 0 fully saturated rings. The van der Waals surface area contributed by atoms with Crippen LogP contribution >= 0.6 is 0 Å². The second-order valence-electron chi connectivity index (χ2n) is 7.32. The number of hydrogen-bond donors (Lipinski definition) is 3. The zero-order valence-electron chi connectivity index (χ0n) is 16.2. The molecule has 0 aliphatic carbocycles. The number of hydroxylamine groups is 1. The van der Waals surface area contributed by atoms with Gasteiger partial charge in [-0.05, 0) is 30.5 Å². The molecule has 0 radical (unpaired) electrons. The van der Waals surface area contributed by atoms with Crippen molar-refractivity contribution in [3.63, 3.8) is 0 Å². The van der Waals surface area contributed by atoms with Gasteiger partial charge in [0.15, 0.2) is 14.6 Å². The highest BCUT2D eigenvalue weighted by Gasteiger charge is 2.43. The van der Waals surface area contributed by atoms with E-state index < -0.39 is 31.9 Å². The van der Waals surface area contributed by atoms with E-state index in [1.165, 1.54) is 11.5 Å². The van der Waals surface area contributed by atoms with Crippen LogP contribution in [0, 0.1) is 5.82 Å². The molecule has 0 saturated heterocycles. The van der Waals surface area contributed by atoms with E-state index in [2.05, 4.69) is 5.32 Å². The zero-order valence-corrected chi connectivity index (χ0v) is 17.0. The van der Waals surface area contributed by atoms with E-state index in [0.29, 0.717) is 17.7 Å². The highest BCUT2D eigenvalue weighted by molar-refractivity contribution is 7.92. The Morgan fingerprint density at radius 3 is 2.63 bits per heavy atom. The molecule has 2 heterocycles. The van der Waals surface area contributed by atoms with Crippen LogP contribution in [0.3, 0.4) is 0 Å². The summed E-state index contributed by atoms with van der Waals surface area (Å²) in [5.74, 6) is -2.17. The van der Waals surface area contributed by atoms with Crippen LogP contribution in [0.2, 0.25) is 0 Å². The molecule has 2 aromatic rings. The van der Waals surface area contributed by atoms with Crippen LogP contribution in [0.4, 0.5) is 4.39 Å². The number of nitrogens with zero attached hydrogens (tertiary/aromatic N) is 1. The van der Waals surface area contributed by atoms with Crippen molar-refractivity contribution in [2.45, 2.75) is 31.2 Å². The van der Waals surface area contributed by atoms with Gasteiger partial charge < -0.3 is 9.88 Å². The fourth-order valence-electron chi connectivity index (χ4n) is 3.24. The standard InChI is InChI=1S/C19H20FN3O6S/c1-19(18(26)22-27,30(2,28)29)5-6-23-10-15(20)13(8-16(23)24)11-3-4-12-9-21-17(25)14(12)7-11/h3-4,7-8,10,27H,5-6,9H2,1-2H3,(H,21,25)(H,22,26). The molecule has 1 atom stereocenters. The number of sulfone groups is 1. The second kappa shape index (κ2) is 7.65. The van der Waals surface area contributed by atoms with Crippen LogP contribution in [0.5, 0.6) is 0 Å². The Hall–Kier alpha value is -3.05. The first-order valence-corrected chi connectivity index (χ1v) is 10.8. The van der Waals surface area contributed by atoms with E-state index in [4.69, 9.17) is 5.21 Å². The molecule has 1 aromatic carbocycles. The maximum atomic E-state index is 14.7. The van der Waals surface area contributed by atoms with Crippen molar-refractivity contribution in [2.24, 2.45) is 0 Å². The molecule has 3 N–H and O–H groups in total. The number of aryl methyl sites for hydroxylation is 1. The largest absolute Gasteiger partial charge is 0.348 e. The summed E-state index contributed by atoms with van der Waals surface area (Å²) >= 11 is 0. The number of amides is 2. The minimum absolute atomic E-state index is 0.00211. The fourth-order valence-corrected chi connectivity index (χ4v) is 4.09. The SMILES string of the molecule is CC(CCn1cc(F)c(-c2ccc3c(c2)C(=O)NC3)cc1=O)(C(=O)NO)S(C)(=O)=O. The molecule has 0 bridgehead atoms. The third-order valence-corrected chi connectivity index (χ3v) is 7.44. The molecular weight excluding hydrogens is 417 g/mol. The quantitative estimate of drug-likeness (QED) is 0.447. The lowest BCUT2D eigenvalue weighted by Crippen LogP contribution is -2.50. The van der Waals surface area contributed by atoms with Crippen molar-refractivity contribution in [1.29, 1.82) is 0 Å². The summed E-state index contributed by atoms with van der Waals surface area (Å²) in [5.41, 5.74) is 2.24. The van der Waals surface area contributed by atoms with Crippen LogP contribution in [0.25, 0.3) is 11.1 Å². The molecular formula is C19H20FN3O6S. The van der Waals surface area contributed by atoms with E-state index in [-0.39, 0.29) is 24.4 Å². The van der Waals surface area contributed by atoms with Crippen molar-refractivity contribution in [2.75, 3.05) is 6.26 Å². The molecule has 9 nitrogen and oxygen atoms in total. The number of benzene rings is 1. The molecule has 11 heteroatoms. The van der Waals surface area contributed by atoms with Gasteiger partial charge >= 0.3 is 0 Å². The van der Waals surface area contributed by atoms with E-state index in [1.807, 2.05) is 0 Å². The van der Waals surface area contributed by atoms with Crippen LogP contribution in [0.15, 0.2) is 35.3 Å². The Morgan fingerprint density at radius 2 is 2.00 bits per heavy atom. The van der Waals surface area contributed by atoms with Crippen molar-refractivity contribution in [3.8, 4) is 11.1 Å². The molecule has 1 aliphatic heterocycles. The monoisotopic (exact) mass is 437 g/mol. The topological polar surface area (TPSA) is 135 Å². The number of hydrogen-bond acceptors (Lipinski definition) is 6. The number of carbonyl (C=O) groups excluding carboxylic acids is 2. The van der Waals surface area contributed by atoms with Gasteiger partial charge in [-0.3, -0.25) is 19.6 Å². The van der Waals surface area contributed by atoms with Gasteiger partial charge in [-0.25, -0.2) is 18.3 Å². The lowest BCUT2D eigenvalue weighted by Gasteiger charge is -2.25. The molecule has 30 heavy (non-hydrogen) atoms. The lowest BCUT2D eigenvalue weighted by molar-refractivity contribution is -0.131. The van der Waals surface area contributed by atoms with Crippen molar-refractivity contribution < 1.29 is 27.6 Å². The van der Waals surface area contributed by atoms with Gasteiger partial charge in [-0.1, -0.05) is 12.1 Å². The minimum atomic E-state index is -3.95. The number of carbonyl (C=O) groups is 2. The predicted octanol–water partition coefficient (Wildman–Crippen LogP) is 0.597. The maximum absolute atomic E-state index is 14.7. The molecule has 1 aliphatic rings. The smallest absolute Gasteiger partial charge is 0.264 e. The summed E-state index contributed by atoms with van der Waals surface area (Å²) in [6, 6.07) is 5.84. The van der Waals surface area contributed by atoms with E-state index >= 15 is 0 Å². The van der Waals surface area contributed by atoms with Crippen LogP contribution in [0.1, 0.15) is 29.3 Å². The number of halogens is 1. The van der Waals surface area contributed by atoms with Gasteiger partial charge in [-0.15, -0.1) is 0 Å². The van der Waals surface area contributed by atoms with Gasteiger partial charge in [0.2, 0.25) is 0 Å². The predicted molar refractivity (Wildman–Crippen MR) is 105 cm³/mol. The fraction of sp³-hybridized carbons (Fsp3) is 0.316. The molecule has 2 amide bonds. The summed E-state index contributed by atoms with van der Waals surface area (Å²) in [6.07, 6.45) is 1.39. The number of fused-ring (bicyclic) bond motifs is 1. The second-order valence-corrected chi connectivity index (χ2v) is 9.76. The van der Waals surface area contributed by atoms with Gasteiger partial charge in [-0.2, -0.15) is 0 Å². The molecule has 160 valence electrons. The summed E-state index contributed by atoms with van der Waals surface area (Å²) in [7, 11) is -3.95. The number of pyridine rings is 1. The summed E-state index contributed by atoms with van der Waals surface area (Å²) in [4.78, 5) is 36.2. The van der Waals surface area contributed by atoms with Crippen LogP contribution in [-0.4, -0.2) is 41.0 Å². The maximum Gasteiger partial charge on any atom is 0.264 e. The molecule has 1 unspecified atom stereocenters. The Bertz CT molecular complexity index is 1210. The first-order chi connectivity index (χ1) is 14.0. The van der Waals surface area contributed by atoms with Gasteiger partial charge in [0, 0.05) is 42.7 Å². The Morgan fingerprint density at radius 1 is 1.30 bits per heavy atom. The van der Waals surface area contributed by atoms with Crippen LogP contribution in [-0.2, 0) is 27.7 Å². The number of nitrogens with one attached hydrogen (secondary N) is 2. The molecule has 3 rings (SSSR count). The van der Waals surface area contributed by atoms with E-state index in [9.17, 15) is 27.2 Å². The van der Waals surface area contributed by atoms with Gasteiger partial charge in [0.05, 0.1) is 0 Å². The molecule has 1 aromatic heterocycles. The summed E-state index contributed by atoms with van der Waals surface area (Å²) in [6.45, 7) is 1.22. The normalized spacial score (nSPS) is 15.3. The highest BCUT2D eigenvalue weighted by Crippen LogP contribution is 2.27.